The summed E-state index contributed by atoms with van der Waals surface area (Å²) in [7, 11) is 1.63. The maximum absolute atomic E-state index is 12.1. The van der Waals surface area contributed by atoms with Gasteiger partial charge < -0.3 is 26.6 Å². The van der Waals surface area contributed by atoms with E-state index in [-0.39, 0.29) is 29.5 Å². The summed E-state index contributed by atoms with van der Waals surface area (Å²) in [4.78, 5) is 33.8. The maximum Gasteiger partial charge on any atom is 0.236 e. The average Bonchev–Trinajstić information content (AvgIpc) is 2.92. The first-order valence-electron chi connectivity index (χ1n) is 13.0. The Balaban J connectivity index is 0. The lowest BCUT2D eigenvalue weighted by atomic mass is 10.1. The molecular formula is C28H45N7O3S. The van der Waals surface area contributed by atoms with Crippen molar-refractivity contribution in [2.75, 3.05) is 37.0 Å². The summed E-state index contributed by atoms with van der Waals surface area (Å²) in [6.45, 7) is 8.55. The van der Waals surface area contributed by atoms with Crippen molar-refractivity contribution in [3.63, 3.8) is 0 Å². The molecular weight excluding hydrogens is 514 g/mol. The molecule has 1 aromatic carbocycles. The van der Waals surface area contributed by atoms with Crippen molar-refractivity contribution in [3.8, 4) is 12.1 Å². The molecule has 0 aliphatic rings. The SMILES string of the molecule is CC(=O)NCC#N.CCC#N.CCNC(C)CCCCC(=O)Nc1cccc(NC=CC(SC)C(=O)NC)c1. The number of anilines is 2. The number of unbranched alkanes of at least 4 members (excludes halogenated alkanes) is 1. The lowest BCUT2D eigenvalue weighted by Gasteiger charge is -2.12. The molecule has 0 saturated carbocycles. The Bertz CT molecular complexity index is 942. The first-order chi connectivity index (χ1) is 18.7. The van der Waals surface area contributed by atoms with E-state index in [1.54, 1.807) is 19.3 Å². The molecule has 11 heteroatoms. The molecule has 0 spiro atoms. The topological polar surface area (TPSA) is 159 Å². The van der Waals surface area contributed by atoms with Crippen LogP contribution in [-0.4, -0.2) is 55.4 Å². The first-order valence-corrected chi connectivity index (χ1v) is 14.3. The zero-order chi connectivity index (χ0) is 29.9. The predicted octanol–water partition coefficient (Wildman–Crippen LogP) is 4.15. The zero-order valence-electron chi connectivity index (χ0n) is 24.1. The minimum absolute atomic E-state index is 0.0332. The molecule has 10 nitrogen and oxygen atoms in total. The van der Waals surface area contributed by atoms with E-state index in [0.717, 1.165) is 37.2 Å². The quantitative estimate of drug-likeness (QED) is 0.168. The standard InChI is InChI=1S/C21H34N4O2S.C4H6N2O.C3H5N/c1-5-23-16(2)9-6-7-12-20(26)25-18-11-8-10-17(15-18)24-14-13-19(28-4)21(27)22-3;1-4(7)6-3-2-5;1-2-3-4/h8,10-11,13-16,19,23-24H,5-7,9,12H2,1-4H3,(H,22,27)(H,25,26);3H2,1H3,(H,6,7);2H2,1H3. The highest BCUT2D eigenvalue weighted by Gasteiger charge is 2.11. The molecule has 0 fully saturated rings. The summed E-state index contributed by atoms with van der Waals surface area (Å²) in [6.07, 6.45) is 9.61. The van der Waals surface area contributed by atoms with E-state index in [9.17, 15) is 14.4 Å². The number of benzene rings is 1. The van der Waals surface area contributed by atoms with Crippen molar-refractivity contribution < 1.29 is 14.4 Å². The van der Waals surface area contributed by atoms with E-state index in [1.165, 1.54) is 18.7 Å². The normalized spacial score (nSPS) is 11.2. The summed E-state index contributed by atoms with van der Waals surface area (Å²) in [5.41, 5.74) is 1.61. The largest absolute Gasteiger partial charge is 0.362 e. The summed E-state index contributed by atoms with van der Waals surface area (Å²) in [5, 5.41) is 29.6. The highest BCUT2D eigenvalue weighted by molar-refractivity contribution is 8.00. The third kappa shape index (κ3) is 23.3. The van der Waals surface area contributed by atoms with Crippen LogP contribution in [0.25, 0.3) is 0 Å². The Morgan fingerprint density at radius 1 is 1.10 bits per heavy atom. The van der Waals surface area contributed by atoms with Crippen molar-refractivity contribution in [2.24, 2.45) is 0 Å². The fourth-order valence-corrected chi connectivity index (χ4v) is 3.48. The summed E-state index contributed by atoms with van der Waals surface area (Å²) >= 11 is 1.46. The van der Waals surface area contributed by atoms with Crippen LogP contribution in [0.5, 0.6) is 0 Å². The molecule has 1 aromatic rings. The maximum atomic E-state index is 12.1. The predicted molar refractivity (Wildman–Crippen MR) is 161 cm³/mol. The summed E-state index contributed by atoms with van der Waals surface area (Å²) < 4.78 is 0. The molecule has 0 aromatic heterocycles. The molecule has 39 heavy (non-hydrogen) atoms. The molecule has 0 bridgehead atoms. The van der Waals surface area contributed by atoms with Gasteiger partial charge in [0, 0.05) is 44.2 Å². The number of nitrogens with one attached hydrogen (secondary N) is 5. The fourth-order valence-electron chi connectivity index (χ4n) is 2.91. The first kappa shape index (κ1) is 37.6. The van der Waals surface area contributed by atoms with Crippen LogP contribution >= 0.6 is 11.8 Å². The van der Waals surface area contributed by atoms with E-state index in [1.807, 2.05) is 49.6 Å². The molecule has 0 aliphatic carbocycles. The lowest BCUT2D eigenvalue weighted by molar-refractivity contribution is -0.119. The number of nitrogens with zero attached hydrogens (tertiary/aromatic N) is 2. The smallest absolute Gasteiger partial charge is 0.236 e. The van der Waals surface area contributed by atoms with Crippen LogP contribution in [0.2, 0.25) is 0 Å². The highest BCUT2D eigenvalue weighted by atomic mass is 32.2. The van der Waals surface area contributed by atoms with Gasteiger partial charge in [0.1, 0.15) is 11.8 Å². The van der Waals surface area contributed by atoms with Crippen LogP contribution in [0.4, 0.5) is 11.4 Å². The third-order valence-electron chi connectivity index (χ3n) is 4.84. The van der Waals surface area contributed by atoms with Crippen LogP contribution in [-0.2, 0) is 14.4 Å². The van der Waals surface area contributed by atoms with Gasteiger partial charge >= 0.3 is 0 Å². The van der Waals surface area contributed by atoms with Crippen LogP contribution in [0.3, 0.4) is 0 Å². The van der Waals surface area contributed by atoms with Gasteiger partial charge in [-0.3, -0.25) is 14.4 Å². The van der Waals surface area contributed by atoms with Gasteiger partial charge in [0.15, 0.2) is 0 Å². The second-order valence-corrected chi connectivity index (χ2v) is 9.17. The highest BCUT2D eigenvalue weighted by Crippen LogP contribution is 2.16. The molecule has 0 saturated heterocycles. The Labute approximate surface area is 238 Å². The van der Waals surface area contributed by atoms with Gasteiger partial charge in [-0.1, -0.05) is 26.3 Å². The molecule has 1 rings (SSSR count). The third-order valence-corrected chi connectivity index (χ3v) is 5.72. The van der Waals surface area contributed by atoms with Gasteiger partial charge in [0.2, 0.25) is 17.7 Å². The molecule has 216 valence electrons. The molecule has 0 radical (unpaired) electrons. The molecule has 0 aliphatic heterocycles. The number of amides is 3. The fraction of sp³-hybridized carbons (Fsp3) is 0.536. The van der Waals surface area contributed by atoms with Gasteiger partial charge in [-0.2, -0.15) is 10.5 Å². The van der Waals surface area contributed by atoms with Crippen molar-refractivity contribution in [1.82, 2.24) is 16.0 Å². The molecule has 3 amide bonds. The molecule has 0 heterocycles. The summed E-state index contributed by atoms with van der Waals surface area (Å²) in [5.74, 6) is -0.168. The minimum Gasteiger partial charge on any atom is -0.362 e. The van der Waals surface area contributed by atoms with Crippen LogP contribution in [0.15, 0.2) is 36.5 Å². The van der Waals surface area contributed by atoms with Gasteiger partial charge in [-0.15, -0.1) is 11.8 Å². The number of hydrogen-bond donors (Lipinski definition) is 5. The monoisotopic (exact) mass is 559 g/mol. The number of rotatable bonds is 14. The number of carbonyl (C=O) groups is 3. The van der Waals surface area contributed by atoms with Crippen molar-refractivity contribution in [2.45, 2.75) is 71.1 Å². The molecule has 2 atom stereocenters. The number of nitriles is 2. The molecule has 5 N–H and O–H groups in total. The second kappa shape index (κ2) is 26.1. The van der Waals surface area contributed by atoms with E-state index in [0.29, 0.717) is 18.9 Å². The lowest BCUT2D eigenvalue weighted by Crippen LogP contribution is -2.27. The minimum atomic E-state index is -0.240. The van der Waals surface area contributed by atoms with E-state index in [4.69, 9.17) is 10.5 Å². The Morgan fingerprint density at radius 2 is 1.77 bits per heavy atom. The molecule has 2 unspecified atom stereocenters. The van der Waals surface area contributed by atoms with Gasteiger partial charge in [0.05, 0.1) is 12.1 Å². The van der Waals surface area contributed by atoms with Crippen LogP contribution < -0.4 is 26.6 Å². The van der Waals surface area contributed by atoms with Gasteiger partial charge in [-0.25, -0.2) is 0 Å². The van der Waals surface area contributed by atoms with Gasteiger partial charge in [0.25, 0.3) is 0 Å². The number of hydrogen-bond acceptors (Lipinski definition) is 8. The van der Waals surface area contributed by atoms with E-state index < -0.39 is 0 Å². The van der Waals surface area contributed by atoms with Crippen LogP contribution in [0.1, 0.15) is 59.8 Å². The van der Waals surface area contributed by atoms with Crippen molar-refractivity contribution >= 4 is 40.9 Å². The van der Waals surface area contributed by atoms with Crippen LogP contribution in [0, 0.1) is 22.7 Å². The van der Waals surface area contributed by atoms with Gasteiger partial charge in [-0.05, 0) is 63.0 Å². The van der Waals surface area contributed by atoms with Crippen molar-refractivity contribution in [1.29, 1.82) is 10.5 Å². The zero-order valence-corrected chi connectivity index (χ0v) is 24.9. The van der Waals surface area contributed by atoms with E-state index >= 15 is 0 Å². The Hall–Kier alpha value is -3.54. The summed E-state index contributed by atoms with van der Waals surface area (Å²) in [6, 6.07) is 11.7. The number of thioether (sulfide) groups is 1. The van der Waals surface area contributed by atoms with Crippen molar-refractivity contribution in [3.05, 3.63) is 36.5 Å². The Kier molecular flexibility index (Phi) is 25.2. The second-order valence-electron chi connectivity index (χ2n) is 8.19. The number of carbonyl (C=O) groups excluding carboxylic acids is 3. The average molecular weight is 560 g/mol. The van der Waals surface area contributed by atoms with E-state index in [2.05, 4.69) is 40.4 Å². The Morgan fingerprint density at radius 3 is 2.28 bits per heavy atom.